The summed E-state index contributed by atoms with van der Waals surface area (Å²) in [4.78, 5) is 43.4. The zero-order chi connectivity index (χ0) is 29.6. The molecule has 0 atom stereocenters. The second-order valence-electron chi connectivity index (χ2n) is 11.4. The molecule has 0 bridgehead atoms. The maximum atomic E-state index is 13.8. The third kappa shape index (κ3) is 6.38. The predicted molar refractivity (Wildman–Crippen MR) is 169 cm³/mol. The Hall–Kier alpha value is -4.06. The Morgan fingerprint density at radius 2 is 1.48 bits per heavy atom. The van der Waals surface area contributed by atoms with Crippen molar-refractivity contribution in [3.8, 4) is 5.75 Å². The van der Waals surface area contributed by atoms with Gasteiger partial charge in [0.1, 0.15) is 5.75 Å². The van der Waals surface area contributed by atoms with Gasteiger partial charge >= 0.3 is 0 Å². The van der Waals surface area contributed by atoms with Gasteiger partial charge in [-0.05, 0) is 93.3 Å². The molecule has 0 N–H and O–H groups in total. The summed E-state index contributed by atoms with van der Waals surface area (Å²) in [5.41, 5.74) is 4.29. The van der Waals surface area contributed by atoms with Gasteiger partial charge in [0.15, 0.2) is 11.6 Å². The third-order valence-electron chi connectivity index (χ3n) is 8.30. The van der Waals surface area contributed by atoms with Gasteiger partial charge in [-0.15, -0.1) is 0 Å². The number of hydrogen-bond acceptors (Lipinski definition) is 5. The molecule has 0 saturated heterocycles. The van der Waals surface area contributed by atoms with E-state index in [1.165, 1.54) is 19.8 Å². The molecule has 0 amide bonds. The average molecular weight is 565 g/mol. The molecule has 1 aromatic heterocycles. The maximum Gasteiger partial charge on any atom is 0.206 e. The zero-order valence-corrected chi connectivity index (χ0v) is 24.9. The van der Waals surface area contributed by atoms with Crippen molar-refractivity contribution >= 4 is 44.9 Å². The first-order valence-electron chi connectivity index (χ1n) is 15.3. The smallest absolute Gasteiger partial charge is 0.206 e. The normalized spacial score (nSPS) is 14.1. The van der Waals surface area contributed by atoms with Crippen LogP contribution in [0.2, 0.25) is 0 Å². The summed E-state index contributed by atoms with van der Waals surface area (Å²) in [6.07, 6.45) is 7.23. The number of benzene rings is 3. The van der Waals surface area contributed by atoms with Gasteiger partial charge in [0, 0.05) is 45.0 Å². The fourth-order valence-electron chi connectivity index (χ4n) is 6.02. The molecular weight excluding hydrogens is 524 g/mol. The molecule has 0 spiro atoms. The molecule has 218 valence electrons. The second-order valence-corrected chi connectivity index (χ2v) is 11.4. The molecule has 1 heterocycles. The van der Waals surface area contributed by atoms with E-state index in [0.29, 0.717) is 41.3 Å². The highest BCUT2D eigenvalue weighted by atomic mass is 16.5. The molecule has 0 unspecified atom stereocenters. The van der Waals surface area contributed by atoms with Gasteiger partial charge in [-0.1, -0.05) is 39.0 Å². The lowest BCUT2D eigenvalue weighted by Gasteiger charge is -2.12. The largest absolute Gasteiger partial charge is 0.494 e. The molecule has 1 fully saturated rings. The number of carbonyl (C=O) groups excluding carboxylic acids is 3. The van der Waals surface area contributed by atoms with Crippen molar-refractivity contribution in [1.82, 2.24) is 4.57 Å². The minimum atomic E-state index is -0.115. The molecule has 1 saturated carbocycles. The number of unbranched alkanes of at least 4 members (excludes halogenated alkanes) is 1. The van der Waals surface area contributed by atoms with Crippen LogP contribution in [-0.2, 0) is 11.3 Å². The number of nitrogens with zero attached hydrogens (tertiary/aromatic N) is 2. The van der Waals surface area contributed by atoms with Crippen LogP contribution in [0.4, 0.5) is 0 Å². The minimum absolute atomic E-state index is 0.0303. The van der Waals surface area contributed by atoms with Gasteiger partial charge < -0.3 is 9.30 Å². The minimum Gasteiger partial charge on any atom is -0.494 e. The average Bonchev–Trinajstić information content (AvgIpc) is 3.64. The number of aliphatic imine (C=N–C) groups is 1. The summed E-state index contributed by atoms with van der Waals surface area (Å²) in [5.74, 6) is 0.977. The molecule has 6 nitrogen and oxygen atoms in total. The third-order valence-corrected chi connectivity index (χ3v) is 8.30. The molecular formula is C36H40N2O4. The Bertz CT molecular complexity index is 1640. The van der Waals surface area contributed by atoms with E-state index in [2.05, 4.69) is 23.4 Å². The summed E-state index contributed by atoms with van der Waals surface area (Å²) in [5, 5.41) is 1.86. The van der Waals surface area contributed by atoms with Crippen LogP contribution in [0.1, 0.15) is 92.0 Å². The van der Waals surface area contributed by atoms with E-state index in [0.717, 1.165) is 59.8 Å². The first-order valence-corrected chi connectivity index (χ1v) is 15.3. The Kier molecular flexibility index (Phi) is 9.31. The lowest BCUT2D eigenvalue weighted by molar-refractivity contribution is -0.115. The predicted octanol–water partition coefficient (Wildman–Crippen LogP) is 8.02. The topological polar surface area (TPSA) is 77.7 Å². The van der Waals surface area contributed by atoms with Crippen LogP contribution in [0.15, 0.2) is 65.7 Å². The molecule has 4 aromatic rings. The highest BCUT2D eigenvalue weighted by Crippen LogP contribution is 2.33. The van der Waals surface area contributed by atoms with Crippen molar-refractivity contribution in [2.45, 2.75) is 72.3 Å². The SMILES string of the molecule is CCCCOc1ccc(C(=O)c2ccc3c(c2)c2cc(C(=O)/C(CC4CCCC4)=N/CC(C)=O)ccc2n3CC)cc1. The quantitative estimate of drug-likeness (QED) is 0.0936. The Morgan fingerprint density at radius 3 is 2.10 bits per heavy atom. The van der Waals surface area contributed by atoms with E-state index in [1.54, 1.807) is 0 Å². The standard InChI is InChI=1S/C36H40N2O4/c1-4-6-19-42-29-15-11-26(12-16-29)35(40)27-13-17-33-30(21-27)31-22-28(14-18-34(31)38(33)5-2)36(41)32(37-23-24(3)39)20-25-9-7-8-10-25/h11-18,21-22,25H,4-10,19-20,23H2,1-3H3/b37-32+. The van der Waals surface area contributed by atoms with Gasteiger partial charge in [0.05, 0.1) is 18.9 Å². The Morgan fingerprint density at radius 1 is 0.857 bits per heavy atom. The van der Waals surface area contributed by atoms with Gasteiger partial charge in [-0.3, -0.25) is 19.4 Å². The molecule has 0 aliphatic heterocycles. The van der Waals surface area contributed by atoms with E-state index in [4.69, 9.17) is 4.74 Å². The fourth-order valence-corrected chi connectivity index (χ4v) is 6.02. The van der Waals surface area contributed by atoms with Gasteiger partial charge in [0.2, 0.25) is 5.78 Å². The lowest BCUT2D eigenvalue weighted by Crippen LogP contribution is -2.19. The number of carbonyl (C=O) groups is 3. The highest BCUT2D eigenvalue weighted by Gasteiger charge is 2.23. The number of aromatic nitrogens is 1. The van der Waals surface area contributed by atoms with Crippen LogP contribution in [0, 0.1) is 5.92 Å². The molecule has 5 rings (SSSR count). The van der Waals surface area contributed by atoms with E-state index < -0.39 is 0 Å². The number of ketones is 3. The summed E-state index contributed by atoms with van der Waals surface area (Å²) < 4.78 is 7.96. The van der Waals surface area contributed by atoms with Gasteiger partial charge in [-0.2, -0.15) is 0 Å². The first kappa shape index (κ1) is 29.4. The fraction of sp³-hybridized carbons (Fsp3) is 0.389. The molecule has 6 heteroatoms. The number of aryl methyl sites for hydroxylation is 1. The second kappa shape index (κ2) is 13.3. The molecule has 1 aliphatic carbocycles. The van der Waals surface area contributed by atoms with E-state index in [9.17, 15) is 14.4 Å². The van der Waals surface area contributed by atoms with Crippen molar-refractivity contribution in [3.05, 3.63) is 77.4 Å². The van der Waals surface area contributed by atoms with Crippen LogP contribution in [0.25, 0.3) is 21.8 Å². The van der Waals surface area contributed by atoms with Crippen LogP contribution in [0.5, 0.6) is 5.75 Å². The number of fused-ring (bicyclic) bond motifs is 3. The Balaban J connectivity index is 1.49. The lowest BCUT2D eigenvalue weighted by atomic mass is 9.94. The number of hydrogen-bond donors (Lipinski definition) is 0. The van der Waals surface area contributed by atoms with Crippen molar-refractivity contribution in [2.24, 2.45) is 10.9 Å². The molecule has 42 heavy (non-hydrogen) atoms. The van der Waals surface area contributed by atoms with Crippen molar-refractivity contribution in [2.75, 3.05) is 13.2 Å². The van der Waals surface area contributed by atoms with E-state index >= 15 is 0 Å². The zero-order valence-electron chi connectivity index (χ0n) is 24.9. The first-order chi connectivity index (χ1) is 20.4. The number of Topliss-reactive ketones (excluding diaryl/α,β-unsaturated/α-hetero) is 2. The monoisotopic (exact) mass is 564 g/mol. The van der Waals surface area contributed by atoms with Crippen LogP contribution < -0.4 is 4.74 Å². The summed E-state index contributed by atoms with van der Waals surface area (Å²) in [6.45, 7) is 7.17. The summed E-state index contributed by atoms with van der Waals surface area (Å²) >= 11 is 0. The van der Waals surface area contributed by atoms with Crippen LogP contribution in [-0.4, -0.2) is 40.8 Å². The Labute approximate surface area is 247 Å². The molecule has 3 aromatic carbocycles. The van der Waals surface area contributed by atoms with Crippen LogP contribution >= 0.6 is 0 Å². The number of rotatable bonds is 13. The van der Waals surface area contributed by atoms with Crippen molar-refractivity contribution < 1.29 is 19.1 Å². The highest BCUT2D eigenvalue weighted by molar-refractivity contribution is 6.46. The molecule has 0 radical (unpaired) electrons. The number of ether oxygens (including phenoxy) is 1. The molecule has 1 aliphatic rings. The summed E-state index contributed by atoms with van der Waals surface area (Å²) in [7, 11) is 0. The van der Waals surface area contributed by atoms with Crippen molar-refractivity contribution in [3.63, 3.8) is 0 Å². The van der Waals surface area contributed by atoms with Gasteiger partial charge in [-0.25, -0.2) is 0 Å². The van der Waals surface area contributed by atoms with Crippen LogP contribution in [0.3, 0.4) is 0 Å². The maximum absolute atomic E-state index is 13.8. The van der Waals surface area contributed by atoms with Crippen molar-refractivity contribution in [1.29, 1.82) is 0 Å². The van der Waals surface area contributed by atoms with E-state index in [1.807, 2.05) is 60.7 Å². The van der Waals surface area contributed by atoms with Gasteiger partial charge in [0.25, 0.3) is 0 Å². The van der Waals surface area contributed by atoms with E-state index in [-0.39, 0.29) is 23.9 Å². The summed E-state index contributed by atoms with van der Waals surface area (Å²) in [6, 6.07) is 18.9.